The van der Waals surface area contributed by atoms with Gasteiger partial charge in [-0.2, -0.15) is 0 Å². The van der Waals surface area contributed by atoms with E-state index in [1.807, 2.05) is 49.9 Å². The maximum atomic E-state index is 13.9. The molecule has 1 atom stereocenters. The number of hydrogen-bond acceptors (Lipinski definition) is 5. The molecule has 216 valence electrons. The van der Waals surface area contributed by atoms with E-state index in [0.29, 0.717) is 22.8 Å². The Balaban J connectivity index is 1.26. The van der Waals surface area contributed by atoms with Gasteiger partial charge in [-0.05, 0) is 106 Å². The average molecular weight is 575 g/mol. The maximum Gasteiger partial charge on any atom is 0.258 e. The van der Waals surface area contributed by atoms with Crippen LogP contribution in [-0.4, -0.2) is 44.2 Å². The first-order valence-corrected chi connectivity index (χ1v) is 15.9. The van der Waals surface area contributed by atoms with Crippen molar-refractivity contribution >= 4 is 33.0 Å². The summed E-state index contributed by atoms with van der Waals surface area (Å²) < 4.78 is 31.0. The Morgan fingerprint density at radius 2 is 1.59 bits per heavy atom. The Morgan fingerprint density at radius 1 is 0.927 bits per heavy atom. The number of benzene rings is 3. The molecule has 7 nitrogen and oxygen atoms in total. The lowest BCUT2D eigenvalue weighted by Gasteiger charge is -2.42. The number of hydrogen-bond donors (Lipinski definition) is 1. The van der Waals surface area contributed by atoms with Gasteiger partial charge >= 0.3 is 0 Å². The van der Waals surface area contributed by atoms with Crippen LogP contribution in [0.1, 0.15) is 61.0 Å². The summed E-state index contributed by atoms with van der Waals surface area (Å²) in [5.74, 6) is 0.119. The molecule has 0 spiro atoms. The molecule has 2 aliphatic rings. The Hall–Kier alpha value is -3.49. The van der Waals surface area contributed by atoms with Gasteiger partial charge in [0.1, 0.15) is 0 Å². The zero-order valence-corrected chi connectivity index (χ0v) is 24.7. The number of aryl methyl sites for hydroxylation is 1. The standard InChI is InChI=1S/C33H38N2O5S/c1-23-6-16-28(17-7-23)35(33(2,3)30-5-4-20-40-30)32(37)26-12-14-27(15-13-26)34-31(36)21-24-10-18-29(19-11-24)41(38,39)22-25-8-9-25/h6-7,10-19,25,30H,4-5,8-9,20-22H2,1-3H3,(H,34,36). The van der Waals surface area contributed by atoms with Crippen molar-refractivity contribution in [2.75, 3.05) is 22.6 Å². The number of sulfone groups is 1. The second-order valence-electron chi connectivity index (χ2n) is 11.8. The fourth-order valence-corrected chi connectivity index (χ4v) is 7.10. The maximum absolute atomic E-state index is 13.9. The van der Waals surface area contributed by atoms with Gasteiger partial charge in [-0.15, -0.1) is 0 Å². The third-order valence-electron chi connectivity index (χ3n) is 8.00. The molecule has 1 aliphatic carbocycles. The van der Waals surface area contributed by atoms with Crippen LogP contribution in [0.5, 0.6) is 0 Å². The molecule has 8 heteroatoms. The van der Waals surface area contributed by atoms with E-state index >= 15 is 0 Å². The van der Waals surface area contributed by atoms with Crippen molar-refractivity contribution in [2.24, 2.45) is 5.92 Å². The molecule has 3 aromatic rings. The summed E-state index contributed by atoms with van der Waals surface area (Å²) in [4.78, 5) is 28.8. The SMILES string of the molecule is Cc1ccc(N(C(=O)c2ccc(NC(=O)Cc3ccc(S(=O)(=O)CC4CC4)cc3)cc2)C(C)(C)C2CCCO2)cc1. The van der Waals surface area contributed by atoms with Gasteiger partial charge < -0.3 is 15.0 Å². The Kier molecular flexibility index (Phi) is 8.34. The van der Waals surface area contributed by atoms with Crippen molar-refractivity contribution in [1.29, 1.82) is 0 Å². The van der Waals surface area contributed by atoms with Crippen LogP contribution in [0.4, 0.5) is 11.4 Å². The van der Waals surface area contributed by atoms with Crippen molar-refractivity contribution in [3.63, 3.8) is 0 Å². The van der Waals surface area contributed by atoms with Crippen molar-refractivity contribution in [3.05, 3.63) is 89.5 Å². The predicted octanol–water partition coefficient (Wildman–Crippen LogP) is 5.96. The number of rotatable bonds is 10. The smallest absolute Gasteiger partial charge is 0.258 e. The molecule has 1 aliphatic heterocycles. The topological polar surface area (TPSA) is 92.8 Å². The van der Waals surface area contributed by atoms with Gasteiger partial charge in [-0.3, -0.25) is 9.59 Å². The fourth-order valence-electron chi connectivity index (χ4n) is 5.41. The van der Waals surface area contributed by atoms with Gasteiger partial charge in [0.2, 0.25) is 5.91 Å². The van der Waals surface area contributed by atoms with Crippen LogP contribution in [0.2, 0.25) is 0 Å². The second-order valence-corrected chi connectivity index (χ2v) is 13.8. The summed E-state index contributed by atoms with van der Waals surface area (Å²) >= 11 is 0. The van der Waals surface area contributed by atoms with E-state index in [-0.39, 0.29) is 36.0 Å². The molecule has 1 heterocycles. The molecular weight excluding hydrogens is 536 g/mol. The minimum Gasteiger partial charge on any atom is -0.376 e. The van der Waals surface area contributed by atoms with Crippen molar-refractivity contribution in [1.82, 2.24) is 0 Å². The molecule has 3 aromatic carbocycles. The van der Waals surface area contributed by atoms with E-state index < -0.39 is 15.4 Å². The molecule has 1 unspecified atom stereocenters. The number of anilines is 2. The number of carbonyl (C=O) groups excluding carboxylic acids is 2. The highest BCUT2D eigenvalue weighted by molar-refractivity contribution is 7.91. The van der Waals surface area contributed by atoms with Crippen molar-refractivity contribution in [2.45, 2.75) is 69.4 Å². The fraction of sp³-hybridized carbons (Fsp3) is 0.394. The lowest BCUT2D eigenvalue weighted by atomic mass is 9.91. The first-order valence-electron chi connectivity index (χ1n) is 14.3. The van der Waals surface area contributed by atoms with E-state index in [1.54, 1.807) is 48.5 Å². The van der Waals surface area contributed by atoms with Crippen LogP contribution >= 0.6 is 0 Å². The molecule has 1 saturated carbocycles. The summed E-state index contributed by atoms with van der Waals surface area (Å²) in [6, 6.07) is 21.4. The molecule has 0 radical (unpaired) electrons. The van der Waals surface area contributed by atoms with E-state index in [2.05, 4.69) is 5.32 Å². The Labute approximate surface area is 242 Å². The van der Waals surface area contributed by atoms with Gasteiger partial charge in [-0.1, -0.05) is 29.8 Å². The lowest BCUT2D eigenvalue weighted by molar-refractivity contribution is -0.115. The third-order valence-corrected chi connectivity index (χ3v) is 9.90. The zero-order valence-electron chi connectivity index (χ0n) is 23.9. The lowest BCUT2D eigenvalue weighted by Crippen LogP contribution is -2.55. The van der Waals surface area contributed by atoms with Crippen LogP contribution in [0.25, 0.3) is 0 Å². The molecule has 41 heavy (non-hydrogen) atoms. The predicted molar refractivity (Wildman–Crippen MR) is 161 cm³/mol. The van der Waals surface area contributed by atoms with Crippen LogP contribution < -0.4 is 10.2 Å². The van der Waals surface area contributed by atoms with E-state index in [0.717, 1.165) is 42.5 Å². The minimum absolute atomic E-state index is 0.0707. The highest BCUT2D eigenvalue weighted by Crippen LogP contribution is 2.35. The largest absolute Gasteiger partial charge is 0.376 e. The van der Waals surface area contributed by atoms with Gasteiger partial charge in [0.05, 0.1) is 28.7 Å². The van der Waals surface area contributed by atoms with Gasteiger partial charge in [0, 0.05) is 23.5 Å². The minimum atomic E-state index is -3.28. The Morgan fingerprint density at radius 3 is 2.17 bits per heavy atom. The average Bonchev–Trinajstić information content (AvgIpc) is 3.55. The molecule has 1 saturated heterocycles. The molecule has 5 rings (SSSR count). The quantitative estimate of drug-likeness (QED) is 0.322. The highest BCUT2D eigenvalue weighted by Gasteiger charge is 2.42. The van der Waals surface area contributed by atoms with Crippen LogP contribution in [0.3, 0.4) is 0 Å². The monoisotopic (exact) mass is 574 g/mol. The number of nitrogens with zero attached hydrogens (tertiary/aromatic N) is 1. The van der Waals surface area contributed by atoms with E-state index in [1.165, 1.54) is 0 Å². The summed E-state index contributed by atoms with van der Waals surface area (Å²) in [5, 5.41) is 2.88. The van der Waals surface area contributed by atoms with Gasteiger partial charge in [-0.25, -0.2) is 8.42 Å². The normalized spacial score (nSPS) is 17.3. The first kappa shape index (κ1) is 29.0. The third kappa shape index (κ3) is 6.88. The van der Waals surface area contributed by atoms with Gasteiger partial charge in [0.15, 0.2) is 9.84 Å². The molecule has 1 N–H and O–H groups in total. The first-order chi connectivity index (χ1) is 19.5. The van der Waals surface area contributed by atoms with Gasteiger partial charge in [0.25, 0.3) is 5.91 Å². The summed E-state index contributed by atoms with van der Waals surface area (Å²) in [6.45, 7) is 6.81. The van der Waals surface area contributed by atoms with Crippen LogP contribution in [0, 0.1) is 12.8 Å². The second kappa shape index (κ2) is 11.8. The van der Waals surface area contributed by atoms with Crippen LogP contribution in [-0.2, 0) is 25.8 Å². The molecule has 2 amide bonds. The van der Waals surface area contributed by atoms with Crippen molar-refractivity contribution < 1.29 is 22.7 Å². The number of nitrogens with one attached hydrogen (secondary N) is 1. The highest BCUT2D eigenvalue weighted by atomic mass is 32.2. The number of carbonyl (C=O) groups is 2. The molecule has 2 fully saturated rings. The zero-order chi connectivity index (χ0) is 29.2. The summed E-state index contributed by atoms with van der Waals surface area (Å²) in [6.07, 6.45) is 3.87. The van der Waals surface area contributed by atoms with E-state index in [4.69, 9.17) is 4.74 Å². The van der Waals surface area contributed by atoms with Crippen molar-refractivity contribution in [3.8, 4) is 0 Å². The molecule has 0 bridgehead atoms. The summed E-state index contributed by atoms with van der Waals surface area (Å²) in [5.41, 5.74) is 3.18. The Bertz CT molecular complexity index is 1490. The number of amides is 2. The number of ether oxygens (including phenoxy) is 1. The van der Waals surface area contributed by atoms with E-state index in [9.17, 15) is 18.0 Å². The summed E-state index contributed by atoms with van der Waals surface area (Å²) in [7, 11) is -3.28. The van der Waals surface area contributed by atoms with Crippen LogP contribution in [0.15, 0.2) is 77.7 Å². The molecular formula is C33H38N2O5S. The molecule has 0 aromatic heterocycles.